The van der Waals surface area contributed by atoms with Crippen LogP contribution >= 0.6 is 22.9 Å². The van der Waals surface area contributed by atoms with Gasteiger partial charge in [-0.15, -0.1) is 11.3 Å². The molecule has 90 valence electrons. The van der Waals surface area contributed by atoms with Crippen LogP contribution in [0, 0.1) is 5.92 Å². The van der Waals surface area contributed by atoms with Crippen molar-refractivity contribution >= 4 is 28.1 Å². The Morgan fingerprint density at radius 1 is 1.35 bits per heavy atom. The average Bonchev–Trinajstić information content (AvgIpc) is 2.75. The molecule has 0 aliphatic rings. The average molecular weight is 267 g/mol. The monoisotopic (exact) mass is 266 g/mol. The van der Waals surface area contributed by atoms with Crippen molar-refractivity contribution in [3.8, 4) is 11.3 Å². The van der Waals surface area contributed by atoms with Crippen LogP contribution in [0.15, 0.2) is 29.6 Å². The topological polar surface area (TPSA) is 24.9 Å². The van der Waals surface area contributed by atoms with Crippen LogP contribution in [0.5, 0.6) is 0 Å². The predicted molar refractivity (Wildman–Crippen MR) is 75.9 cm³/mol. The van der Waals surface area contributed by atoms with Crippen molar-refractivity contribution in [2.24, 2.45) is 5.92 Å². The lowest BCUT2D eigenvalue weighted by molar-refractivity contribution is 0.688. The van der Waals surface area contributed by atoms with Gasteiger partial charge in [-0.1, -0.05) is 43.6 Å². The molecule has 1 aromatic heterocycles. The molecule has 0 saturated carbocycles. The molecule has 4 heteroatoms. The van der Waals surface area contributed by atoms with Crippen LogP contribution < -0.4 is 5.32 Å². The van der Waals surface area contributed by atoms with Gasteiger partial charge in [0.15, 0.2) is 5.13 Å². The lowest BCUT2D eigenvalue weighted by atomic mass is 10.2. The molecule has 0 saturated heterocycles. The summed E-state index contributed by atoms with van der Waals surface area (Å²) in [5.41, 5.74) is 1.93. The number of halogens is 1. The number of thiazole rings is 1. The van der Waals surface area contributed by atoms with Crippen molar-refractivity contribution in [3.05, 3.63) is 34.7 Å². The Morgan fingerprint density at radius 3 is 2.82 bits per heavy atom. The molecule has 0 spiro atoms. The van der Waals surface area contributed by atoms with Crippen molar-refractivity contribution in [3.63, 3.8) is 0 Å². The van der Waals surface area contributed by atoms with E-state index in [9.17, 15) is 0 Å². The molecule has 1 N–H and O–H groups in total. The number of rotatable bonds is 4. The van der Waals surface area contributed by atoms with E-state index in [1.54, 1.807) is 11.3 Å². The highest BCUT2D eigenvalue weighted by Crippen LogP contribution is 2.30. The number of nitrogens with one attached hydrogen (secondary N) is 1. The van der Waals surface area contributed by atoms with E-state index in [-0.39, 0.29) is 0 Å². The van der Waals surface area contributed by atoms with Gasteiger partial charge in [0.05, 0.1) is 5.69 Å². The number of anilines is 1. The summed E-state index contributed by atoms with van der Waals surface area (Å²) in [6, 6.07) is 7.78. The van der Waals surface area contributed by atoms with E-state index in [4.69, 9.17) is 11.6 Å². The maximum absolute atomic E-state index is 6.14. The van der Waals surface area contributed by atoms with E-state index < -0.39 is 0 Å². The second kappa shape index (κ2) is 5.52. The Hall–Kier alpha value is -1.06. The van der Waals surface area contributed by atoms with Gasteiger partial charge < -0.3 is 5.32 Å². The molecule has 17 heavy (non-hydrogen) atoms. The standard InChI is InChI=1S/C13H15ClN2S/c1-9(2)7-15-13-16-12(8-17-13)10-5-3-4-6-11(10)14/h3-6,8-9H,7H2,1-2H3,(H,15,16). The van der Waals surface area contributed by atoms with Gasteiger partial charge >= 0.3 is 0 Å². The quantitative estimate of drug-likeness (QED) is 0.879. The first-order valence-electron chi connectivity index (χ1n) is 5.61. The third-order valence-corrected chi connectivity index (χ3v) is 3.45. The molecule has 2 nitrogen and oxygen atoms in total. The maximum atomic E-state index is 6.14. The molecule has 1 aromatic carbocycles. The number of nitrogens with zero attached hydrogens (tertiary/aromatic N) is 1. The smallest absolute Gasteiger partial charge is 0.183 e. The molecule has 0 fully saturated rings. The Labute approximate surface area is 111 Å². The van der Waals surface area contributed by atoms with Gasteiger partial charge in [0.2, 0.25) is 0 Å². The Kier molecular flexibility index (Phi) is 4.02. The van der Waals surface area contributed by atoms with Crippen LogP contribution in [0.25, 0.3) is 11.3 Å². The lowest BCUT2D eigenvalue weighted by Crippen LogP contribution is -2.07. The van der Waals surface area contributed by atoms with Gasteiger partial charge in [-0.05, 0) is 12.0 Å². The zero-order chi connectivity index (χ0) is 12.3. The highest BCUT2D eigenvalue weighted by molar-refractivity contribution is 7.14. The molecule has 1 heterocycles. The van der Waals surface area contributed by atoms with E-state index in [2.05, 4.69) is 24.1 Å². The fourth-order valence-electron chi connectivity index (χ4n) is 1.44. The van der Waals surface area contributed by atoms with Gasteiger partial charge in [0, 0.05) is 22.5 Å². The van der Waals surface area contributed by atoms with Crippen molar-refractivity contribution in [2.45, 2.75) is 13.8 Å². The van der Waals surface area contributed by atoms with Gasteiger partial charge in [-0.25, -0.2) is 4.98 Å². The van der Waals surface area contributed by atoms with Crippen molar-refractivity contribution in [1.82, 2.24) is 4.98 Å². The molecule has 2 aromatic rings. The zero-order valence-electron chi connectivity index (χ0n) is 9.90. The third-order valence-electron chi connectivity index (χ3n) is 2.32. The van der Waals surface area contributed by atoms with E-state index in [0.29, 0.717) is 5.92 Å². The fraction of sp³-hybridized carbons (Fsp3) is 0.308. The summed E-state index contributed by atoms with van der Waals surface area (Å²) in [6.07, 6.45) is 0. The Morgan fingerprint density at radius 2 is 2.12 bits per heavy atom. The maximum Gasteiger partial charge on any atom is 0.183 e. The van der Waals surface area contributed by atoms with Crippen LogP contribution in [-0.4, -0.2) is 11.5 Å². The fourth-order valence-corrected chi connectivity index (χ4v) is 2.39. The minimum Gasteiger partial charge on any atom is -0.361 e. The largest absolute Gasteiger partial charge is 0.361 e. The number of hydrogen-bond acceptors (Lipinski definition) is 3. The van der Waals surface area contributed by atoms with E-state index in [1.807, 2.05) is 29.6 Å². The van der Waals surface area contributed by atoms with E-state index in [0.717, 1.165) is 28.0 Å². The van der Waals surface area contributed by atoms with Crippen LogP contribution in [0.3, 0.4) is 0 Å². The van der Waals surface area contributed by atoms with Gasteiger partial charge in [0.1, 0.15) is 0 Å². The zero-order valence-corrected chi connectivity index (χ0v) is 11.5. The lowest BCUT2D eigenvalue weighted by Gasteiger charge is -2.04. The van der Waals surface area contributed by atoms with Crippen LogP contribution in [-0.2, 0) is 0 Å². The minimum atomic E-state index is 0.614. The summed E-state index contributed by atoms with van der Waals surface area (Å²) in [7, 11) is 0. The number of aromatic nitrogens is 1. The SMILES string of the molecule is CC(C)CNc1nc(-c2ccccc2Cl)cs1. The van der Waals surface area contributed by atoms with Gasteiger partial charge in [0.25, 0.3) is 0 Å². The molecule has 0 unspecified atom stereocenters. The van der Waals surface area contributed by atoms with Crippen LogP contribution in [0.1, 0.15) is 13.8 Å². The summed E-state index contributed by atoms with van der Waals surface area (Å²) in [6.45, 7) is 5.29. The van der Waals surface area contributed by atoms with Crippen molar-refractivity contribution in [1.29, 1.82) is 0 Å². The number of hydrogen-bond donors (Lipinski definition) is 1. The first-order valence-corrected chi connectivity index (χ1v) is 6.87. The summed E-state index contributed by atoms with van der Waals surface area (Å²) in [5, 5.41) is 7.05. The predicted octanol–water partition coefficient (Wildman–Crippen LogP) is 4.53. The summed E-state index contributed by atoms with van der Waals surface area (Å²) in [4.78, 5) is 4.54. The minimum absolute atomic E-state index is 0.614. The van der Waals surface area contributed by atoms with Crippen molar-refractivity contribution in [2.75, 3.05) is 11.9 Å². The summed E-state index contributed by atoms with van der Waals surface area (Å²) < 4.78 is 0. The first kappa shape index (κ1) is 12.4. The summed E-state index contributed by atoms with van der Waals surface area (Å²) >= 11 is 7.75. The van der Waals surface area contributed by atoms with E-state index >= 15 is 0 Å². The van der Waals surface area contributed by atoms with Gasteiger partial charge in [-0.2, -0.15) is 0 Å². The summed E-state index contributed by atoms with van der Waals surface area (Å²) in [5.74, 6) is 0.614. The molecular weight excluding hydrogens is 252 g/mol. The highest BCUT2D eigenvalue weighted by Gasteiger charge is 2.07. The van der Waals surface area contributed by atoms with Crippen LogP contribution in [0.4, 0.5) is 5.13 Å². The molecule has 0 aliphatic carbocycles. The molecular formula is C13H15ClN2S. The van der Waals surface area contributed by atoms with Crippen molar-refractivity contribution < 1.29 is 0 Å². The second-order valence-corrected chi connectivity index (χ2v) is 5.56. The first-order chi connectivity index (χ1) is 8.16. The van der Waals surface area contributed by atoms with Crippen LogP contribution in [0.2, 0.25) is 5.02 Å². The second-order valence-electron chi connectivity index (χ2n) is 4.29. The van der Waals surface area contributed by atoms with Gasteiger partial charge in [-0.3, -0.25) is 0 Å². The molecule has 0 atom stereocenters. The highest BCUT2D eigenvalue weighted by atomic mass is 35.5. The number of benzene rings is 1. The molecule has 0 radical (unpaired) electrons. The molecule has 0 bridgehead atoms. The molecule has 2 rings (SSSR count). The Bertz CT molecular complexity index is 494. The van der Waals surface area contributed by atoms with E-state index in [1.165, 1.54) is 0 Å². The Balaban J connectivity index is 2.16. The third kappa shape index (κ3) is 3.20. The normalized spacial score (nSPS) is 10.8. The molecule has 0 aliphatic heterocycles. The molecule has 0 amide bonds.